The lowest BCUT2D eigenvalue weighted by Crippen LogP contribution is -2.15. The summed E-state index contributed by atoms with van der Waals surface area (Å²) in [4.78, 5) is 12.7. The summed E-state index contributed by atoms with van der Waals surface area (Å²) in [7, 11) is 0. The largest absolute Gasteiger partial charge is 0.454 e. The van der Waals surface area contributed by atoms with E-state index in [4.69, 9.17) is 16.3 Å². The van der Waals surface area contributed by atoms with Gasteiger partial charge in [0.25, 0.3) is 0 Å². The predicted octanol–water partition coefficient (Wildman–Crippen LogP) is 6.06. The van der Waals surface area contributed by atoms with E-state index >= 15 is 0 Å². The van der Waals surface area contributed by atoms with Crippen molar-refractivity contribution in [2.24, 2.45) is 0 Å². The molecule has 6 nitrogen and oxygen atoms in total. The summed E-state index contributed by atoms with van der Waals surface area (Å²) in [5.74, 6) is 1.02. The molecule has 8 heteroatoms. The average Bonchev–Trinajstić information content (AvgIpc) is 3.26. The Morgan fingerprint density at radius 1 is 1.03 bits per heavy atom. The molecule has 0 aliphatic carbocycles. The molecule has 0 saturated heterocycles. The van der Waals surface area contributed by atoms with Crippen LogP contribution < -0.4 is 10.1 Å². The Balaban J connectivity index is 1.43. The minimum atomic E-state index is -0.181. The lowest BCUT2D eigenvalue weighted by molar-refractivity contribution is -0.113. The van der Waals surface area contributed by atoms with Crippen molar-refractivity contribution in [1.82, 2.24) is 14.8 Å². The molecule has 4 aromatic rings. The van der Waals surface area contributed by atoms with Gasteiger partial charge in [-0.15, -0.1) is 10.2 Å². The monoisotopic (exact) mass is 464 g/mol. The first-order valence-corrected chi connectivity index (χ1v) is 11.3. The lowest BCUT2D eigenvalue weighted by atomic mass is 10.1. The fourth-order valence-electron chi connectivity index (χ4n) is 3.00. The highest BCUT2D eigenvalue weighted by atomic mass is 35.5. The van der Waals surface area contributed by atoms with Gasteiger partial charge in [-0.2, -0.15) is 0 Å². The maximum atomic E-state index is 12.7. The minimum absolute atomic E-state index is 0.171. The number of halogens is 1. The van der Waals surface area contributed by atoms with E-state index in [9.17, 15) is 4.79 Å². The summed E-state index contributed by atoms with van der Waals surface area (Å²) in [5.41, 5.74) is 3.92. The number of amides is 1. The van der Waals surface area contributed by atoms with E-state index in [1.807, 2.05) is 34.9 Å². The second-order valence-corrected chi connectivity index (χ2v) is 8.47. The van der Waals surface area contributed by atoms with Crippen LogP contribution in [0.2, 0.25) is 5.02 Å². The fraction of sp³-hybridized carbons (Fsp3) is 0.125. The molecule has 1 amide bonds. The van der Waals surface area contributed by atoms with Crippen LogP contribution in [0.5, 0.6) is 11.5 Å². The van der Waals surface area contributed by atoms with Crippen LogP contribution in [0.1, 0.15) is 11.1 Å². The molecule has 0 spiro atoms. The number of ether oxygens (including phenoxy) is 1. The molecule has 0 atom stereocenters. The standard InChI is InChI=1S/C24H21ClN4O2S/c1-16-11-12-18(13-17(16)2)29-15-26-28-24(29)32-14-23(30)27-20-8-4-6-10-22(20)31-21-9-5-3-7-19(21)25/h3-13,15H,14H2,1-2H3,(H,27,30). The number of anilines is 1. The van der Waals surface area contributed by atoms with E-state index < -0.39 is 0 Å². The van der Waals surface area contributed by atoms with E-state index in [0.717, 1.165) is 5.69 Å². The summed E-state index contributed by atoms with van der Waals surface area (Å²) < 4.78 is 7.78. The summed E-state index contributed by atoms with van der Waals surface area (Å²) in [6.07, 6.45) is 1.65. The molecule has 162 valence electrons. The fourth-order valence-corrected chi connectivity index (χ4v) is 3.90. The molecule has 3 aromatic carbocycles. The molecule has 0 unspecified atom stereocenters. The van der Waals surface area contributed by atoms with Crippen molar-refractivity contribution >= 4 is 35.0 Å². The van der Waals surface area contributed by atoms with Gasteiger partial charge in [0.2, 0.25) is 5.91 Å². The van der Waals surface area contributed by atoms with Gasteiger partial charge in [-0.25, -0.2) is 0 Å². The van der Waals surface area contributed by atoms with E-state index in [1.165, 1.54) is 22.9 Å². The zero-order valence-corrected chi connectivity index (χ0v) is 19.2. The van der Waals surface area contributed by atoms with Gasteiger partial charge in [-0.05, 0) is 61.4 Å². The number of rotatable bonds is 7. The molecule has 0 fully saturated rings. The van der Waals surface area contributed by atoms with Crippen molar-refractivity contribution in [3.05, 3.63) is 89.2 Å². The van der Waals surface area contributed by atoms with Crippen LogP contribution in [0.3, 0.4) is 0 Å². The second kappa shape index (κ2) is 9.89. The maximum absolute atomic E-state index is 12.7. The molecule has 0 saturated carbocycles. The number of hydrogen-bond acceptors (Lipinski definition) is 5. The van der Waals surface area contributed by atoms with Crippen molar-refractivity contribution in [2.45, 2.75) is 19.0 Å². The first-order chi connectivity index (χ1) is 15.5. The van der Waals surface area contributed by atoms with E-state index in [1.54, 1.807) is 30.6 Å². The minimum Gasteiger partial charge on any atom is -0.454 e. The van der Waals surface area contributed by atoms with E-state index in [2.05, 4.69) is 41.5 Å². The number of benzene rings is 3. The van der Waals surface area contributed by atoms with Crippen molar-refractivity contribution in [2.75, 3.05) is 11.1 Å². The van der Waals surface area contributed by atoms with Gasteiger partial charge < -0.3 is 10.1 Å². The zero-order chi connectivity index (χ0) is 22.5. The first-order valence-electron chi connectivity index (χ1n) is 9.93. The van der Waals surface area contributed by atoms with Crippen molar-refractivity contribution in [3.63, 3.8) is 0 Å². The normalized spacial score (nSPS) is 10.7. The smallest absolute Gasteiger partial charge is 0.234 e. The Morgan fingerprint density at radius 3 is 2.56 bits per heavy atom. The van der Waals surface area contributed by atoms with Crippen LogP contribution in [0.4, 0.5) is 5.69 Å². The Morgan fingerprint density at radius 2 is 1.78 bits per heavy atom. The SMILES string of the molecule is Cc1ccc(-n2cnnc2SCC(=O)Nc2ccccc2Oc2ccccc2Cl)cc1C. The van der Waals surface area contributed by atoms with E-state index in [-0.39, 0.29) is 11.7 Å². The molecule has 4 rings (SSSR count). The molecule has 1 heterocycles. The topological polar surface area (TPSA) is 69.0 Å². The summed E-state index contributed by atoms with van der Waals surface area (Å²) in [6, 6.07) is 20.6. The molecule has 0 aliphatic rings. The predicted molar refractivity (Wildman–Crippen MR) is 128 cm³/mol. The Kier molecular flexibility index (Phi) is 6.78. The average molecular weight is 465 g/mol. The third kappa shape index (κ3) is 5.12. The summed E-state index contributed by atoms with van der Waals surface area (Å²) in [5, 5.41) is 12.2. The van der Waals surface area contributed by atoms with Crippen LogP contribution in [0.15, 0.2) is 78.2 Å². The van der Waals surface area contributed by atoms with Gasteiger partial charge >= 0.3 is 0 Å². The van der Waals surface area contributed by atoms with Crippen LogP contribution in [-0.4, -0.2) is 26.4 Å². The van der Waals surface area contributed by atoms with Crippen molar-refractivity contribution in [3.8, 4) is 17.2 Å². The van der Waals surface area contributed by atoms with E-state index in [0.29, 0.717) is 27.4 Å². The molecular formula is C24H21ClN4O2S. The van der Waals surface area contributed by atoms with Gasteiger partial charge in [-0.1, -0.05) is 53.7 Å². The Bertz CT molecular complexity index is 1260. The van der Waals surface area contributed by atoms with Gasteiger partial charge in [-0.3, -0.25) is 9.36 Å². The first kappa shape index (κ1) is 21.9. The Hall–Kier alpha value is -3.29. The summed E-state index contributed by atoms with van der Waals surface area (Å²) in [6.45, 7) is 4.13. The molecule has 0 radical (unpaired) electrons. The number of thioether (sulfide) groups is 1. The lowest BCUT2D eigenvalue weighted by Gasteiger charge is -2.13. The van der Waals surface area contributed by atoms with Crippen LogP contribution in [0, 0.1) is 13.8 Å². The van der Waals surface area contributed by atoms with Crippen molar-refractivity contribution < 1.29 is 9.53 Å². The second-order valence-electron chi connectivity index (χ2n) is 7.12. The molecule has 0 bridgehead atoms. The highest BCUT2D eigenvalue weighted by molar-refractivity contribution is 7.99. The van der Waals surface area contributed by atoms with Gasteiger partial charge in [0, 0.05) is 5.69 Å². The van der Waals surface area contributed by atoms with Crippen molar-refractivity contribution in [1.29, 1.82) is 0 Å². The quantitative estimate of drug-likeness (QED) is 0.336. The number of carbonyl (C=O) groups is 1. The maximum Gasteiger partial charge on any atom is 0.234 e. The Labute approximate surface area is 195 Å². The molecular weight excluding hydrogens is 444 g/mol. The summed E-state index contributed by atoms with van der Waals surface area (Å²) >= 11 is 7.51. The van der Waals surface area contributed by atoms with Crippen LogP contribution in [0.25, 0.3) is 5.69 Å². The number of carbonyl (C=O) groups excluding carboxylic acids is 1. The number of aromatic nitrogens is 3. The third-order valence-corrected chi connectivity index (χ3v) is 6.09. The number of nitrogens with one attached hydrogen (secondary N) is 1. The van der Waals surface area contributed by atoms with Crippen LogP contribution >= 0.6 is 23.4 Å². The molecule has 1 aromatic heterocycles. The third-order valence-electron chi connectivity index (χ3n) is 4.84. The zero-order valence-electron chi connectivity index (χ0n) is 17.6. The van der Waals surface area contributed by atoms with Crippen LogP contribution in [-0.2, 0) is 4.79 Å². The number of para-hydroxylation sites is 3. The van der Waals surface area contributed by atoms with Gasteiger partial charge in [0.05, 0.1) is 16.5 Å². The molecule has 1 N–H and O–H groups in total. The van der Waals surface area contributed by atoms with Gasteiger partial charge in [0.15, 0.2) is 10.9 Å². The number of aryl methyl sites for hydroxylation is 2. The van der Waals surface area contributed by atoms with Gasteiger partial charge in [0.1, 0.15) is 12.1 Å². The number of hydrogen-bond donors (Lipinski definition) is 1. The number of nitrogens with zero attached hydrogens (tertiary/aromatic N) is 3. The highest BCUT2D eigenvalue weighted by Crippen LogP contribution is 2.33. The highest BCUT2D eigenvalue weighted by Gasteiger charge is 2.13. The molecule has 32 heavy (non-hydrogen) atoms. The molecule has 0 aliphatic heterocycles.